The summed E-state index contributed by atoms with van der Waals surface area (Å²) < 4.78 is 0. The summed E-state index contributed by atoms with van der Waals surface area (Å²) >= 11 is 0. The fourth-order valence-corrected chi connectivity index (χ4v) is 1.68. The van der Waals surface area contributed by atoms with Gasteiger partial charge in [-0.1, -0.05) is 58.6 Å². The molecule has 14 heavy (non-hydrogen) atoms. The van der Waals surface area contributed by atoms with Crippen LogP contribution in [0.1, 0.15) is 66.2 Å². The zero-order valence-corrected chi connectivity index (χ0v) is 10.6. The van der Waals surface area contributed by atoms with Gasteiger partial charge in [-0.25, -0.2) is 0 Å². The Morgan fingerprint density at radius 3 is 2.21 bits per heavy atom. The molecule has 1 atom stereocenters. The van der Waals surface area contributed by atoms with Crippen LogP contribution >= 0.6 is 0 Å². The number of allylic oxidation sites excluding steroid dienone is 2. The van der Waals surface area contributed by atoms with Gasteiger partial charge in [-0.2, -0.15) is 0 Å². The summed E-state index contributed by atoms with van der Waals surface area (Å²) in [5.74, 6) is 1.81. The van der Waals surface area contributed by atoms with Crippen molar-refractivity contribution in [3.05, 3.63) is 12.2 Å². The largest absolute Gasteiger partial charge is 0.0917 e. The van der Waals surface area contributed by atoms with E-state index < -0.39 is 0 Å². The Balaban J connectivity index is 3.22. The quantitative estimate of drug-likeness (QED) is 0.370. The Kier molecular flexibility index (Phi) is 9.13. The molecule has 0 heterocycles. The molecule has 0 fully saturated rings. The lowest BCUT2D eigenvalue weighted by Gasteiger charge is -2.12. The maximum atomic E-state index is 2.40. The Bertz CT molecular complexity index is 133. The summed E-state index contributed by atoms with van der Waals surface area (Å²) in [6, 6.07) is 0. The first-order valence-corrected chi connectivity index (χ1v) is 6.28. The van der Waals surface area contributed by atoms with Crippen LogP contribution in [0.25, 0.3) is 0 Å². The van der Waals surface area contributed by atoms with Crippen molar-refractivity contribution in [1.29, 1.82) is 0 Å². The lowest BCUT2D eigenvalue weighted by molar-refractivity contribution is 0.415. The first-order valence-electron chi connectivity index (χ1n) is 6.28. The van der Waals surface area contributed by atoms with Gasteiger partial charge in [0.25, 0.3) is 0 Å². The van der Waals surface area contributed by atoms with E-state index in [4.69, 9.17) is 0 Å². The van der Waals surface area contributed by atoms with Gasteiger partial charge in [0.1, 0.15) is 0 Å². The SMILES string of the molecule is CC=CCCCCC(C)CCC(C)C. The van der Waals surface area contributed by atoms with Crippen LogP contribution in [0.15, 0.2) is 12.2 Å². The van der Waals surface area contributed by atoms with E-state index in [1.54, 1.807) is 0 Å². The maximum Gasteiger partial charge on any atom is -0.0351 e. The Labute approximate surface area is 90.8 Å². The van der Waals surface area contributed by atoms with Gasteiger partial charge in [0.15, 0.2) is 0 Å². The first-order chi connectivity index (χ1) is 6.66. The van der Waals surface area contributed by atoms with Crippen molar-refractivity contribution in [1.82, 2.24) is 0 Å². The van der Waals surface area contributed by atoms with Crippen LogP contribution in [-0.4, -0.2) is 0 Å². The van der Waals surface area contributed by atoms with E-state index in [1.807, 2.05) is 0 Å². The number of unbranched alkanes of at least 4 members (excludes halogenated alkanes) is 2. The zero-order chi connectivity index (χ0) is 10.8. The molecule has 0 heteroatoms. The molecule has 0 nitrogen and oxygen atoms in total. The number of hydrogen-bond donors (Lipinski definition) is 0. The molecule has 0 aromatic rings. The third-order valence-corrected chi connectivity index (χ3v) is 2.79. The van der Waals surface area contributed by atoms with Crippen LogP contribution in [0.3, 0.4) is 0 Å². The fraction of sp³-hybridized carbons (Fsp3) is 0.857. The minimum atomic E-state index is 0.875. The molecule has 0 saturated heterocycles. The van der Waals surface area contributed by atoms with Crippen LogP contribution in [-0.2, 0) is 0 Å². The second-order valence-corrected chi connectivity index (χ2v) is 4.93. The molecule has 0 bridgehead atoms. The van der Waals surface area contributed by atoms with E-state index in [0.29, 0.717) is 0 Å². The summed E-state index contributed by atoms with van der Waals surface area (Å²) in [7, 11) is 0. The molecule has 0 amide bonds. The third kappa shape index (κ3) is 9.83. The van der Waals surface area contributed by atoms with Crippen molar-refractivity contribution in [3.8, 4) is 0 Å². The highest BCUT2D eigenvalue weighted by molar-refractivity contribution is 4.76. The van der Waals surface area contributed by atoms with Crippen molar-refractivity contribution in [2.75, 3.05) is 0 Å². The van der Waals surface area contributed by atoms with Crippen molar-refractivity contribution in [2.45, 2.75) is 66.2 Å². The summed E-state index contributed by atoms with van der Waals surface area (Å²) in [6.45, 7) is 9.14. The molecule has 0 saturated carbocycles. The summed E-state index contributed by atoms with van der Waals surface area (Å²) in [5, 5.41) is 0. The molecule has 0 aliphatic heterocycles. The van der Waals surface area contributed by atoms with Gasteiger partial charge in [0.2, 0.25) is 0 Å². The smallest absolute Gasteiger partial charge is 0.0351 e. The molecule has 0 aliphatic rings. The second kappa shape index (κ2) is 9.30. The molecule has 0 rings (SSSR count). The Hall–Kier alpha value is -0.260. The molecular formula is C14H28. The van der Waals surface area contributed by atoms with Crippen LogP contribution in [0, 0.1) is 11.8 Å². The van der Waals surface area contributed by atoms with Gasteiger partial charge < -0.3 is 0 Å². The minimum absolute atomic E-state index is 0.875. The topological polar surface area (TPSA) is 0 Å². The summed E-state index contributed by atoms with van der Waals surface area (Å²) in [4.78, 5) is 0. The van der Waals surface area contributed by atoms with E-state index in [-0.39, 0.29) is 0 Å². The molecule has 0 aromatic carbocycles. The van der Waals surface area contributed by atoms with Gasteiger partial charge >= 0.3 is 0 Å². The van der Waals surface area contributed by atoms with Crippen molar-refractivity contribution in [3.63, 3.8) is 0 Å². The monoisotopic (exact) mass is 196 g/mol. The Morgan fingerprint density at radius 2 is 1.64 bits per heavy atom. The lowest BCUT2D eigenvalue weighted by atomic mass is 9.94. The fourth-order valence-electron chi connectivity index (χ4n) is 1.68. The average molecular weight is 196 g/mol. The predicted molar refractivity (Wildman–Crippen MR) is 66.5 cm³/mol. The number of hydrogen-bond acceptors (Lipinski definition) is 0. The van der Waals surface area contributed by atoms with Crippen LogP contribution in [0.5, 0.6) is 0 Å². The van der Waals surface area contributed by atoms with Crippen molar-refractivity contribution in [2.24, 2.45) is 11.8 Å². The predicted octanol–water partition coefficient (Wildman–Crippen LogP) is 5.20. The minimum Gasteiger partial charge on any atom is -0.0917 e. The molecule has 0 spiro atoms. The molecular weight excluding hydrogens is 168 g/mol. The first kappa shape index (κ1) is 13.7. The highest BCUT2D eigenvalue weighted by Gasteiger charge is 2.02. The van der Waals surface area contributed by atoms with E-state index in [1.165, 1.54) is 38.5 Å². The molecule has 84 valence electrons. The van der Waals surface area contributed by atoms with E-state index in [0.717, 1.165) is 11.8 Å². The van der Waals surface area contributed by atoms with E-state index in [2.05, 4.69) is 39.8 Å². The molecule has 0 radical (unpaired) electrons. The van der Waals surface area contributed by atoms with Crippen LogP contribution in [0.2, 0.25) is 0 Å². The lowest BCUT2D eigenvalue weighted by Crippen LogP contribution is -1.97. The van der Waals surface area contributed by atoms with E-state index in [9.17, 15) is 0 Å². The van der Waals surface area contributed by atoms with Crippen molar-refractivity contribution < 1.29 is 0 Å². The molecule has 0 aromatic heterocycles. The summed E-state index contributed by atoms with van der Waals surface area (Å²) in [6.07, 6.45) is 12.7. The van der Waals surface area contributed by atoms with Gasteiger partial charge in [-0.3, -0.25) is 0 Å². The third-order valence-electron chi connectivity index (χ3n) is 2.79. The molecule has 0 N–H and O–H groups in total. The summed E-state index contributed by atoms with van der Waals surface area (Å²) in [5.41, 5.74) is 0. The normalized spacial score (nSPS) is 14.1. The Morgan fingerprint density at radius 1 is 0.929 bits per heavy atom. The van der Waals surface area contributed by atoms with Crippen molar-refractivity contribution >= 4 is 0 Å². The van der Waals surface area contributed by atoms with Crippen LogP contribution in [0.4, 0.5) is 0 Å². The highest BCUT2D eigenvalue weighted by Crippen LogP contribution is 2.17. The highest BCUT2D eigenvalue weighted by atomic mass is 14.1. The van der Waals surface area contributed by atoms with E-state index >= 15 is 0 Å². The van der Waals surface area contributed by atoms with Gasteiger partial charge in [0, 0.05) is 0 Å². The second-order valence-electron chi connectivity index (χ2n) is 4.93. The molecule has 1 unspecified atom stereocenters. The zero-order valence-electron chi connectivity index (χ0n) is 10.6. The number of rotatable bonds is 8. The average Bonchev–Trinajstić information content (AvgIpc) is 2.14. The maximum absolute atomic E-state index is 2.40. The standard InChI is InChI=1S/C14H28/c1-5-6-7-8-9-10-14(4)12-11-13(2)3/h5-6,13-14H,7-12H2,1-4H3. The van der Waals surface area contributed by atoms with Crippen LogP contribution < -0.4 is 0 Å². The molecule has 0 aliphatic carbocycles. The van der Waals surface area contributed by atoms with Gasteiger partial charge in [0.05, 0.1) is 0 Å². The van der Waals surface area contributed by atoms with Gasteiger partial charge in [-0.15, -0.1) is 0 Å². The van der Waals surface area contributed by atoms with Gasteiger partial charge in [-0.05, 0) is 31.6 Å².